The summed E-state index contributed by atoms with van der Waals surface area (Å²) < 4.78 is 13.5. The molecular formula is C46H62N8O6S. The summed E-state index contributed by atoms with van der Waals surface area (Å²) in [6, 6.07) is 7.94. The molecule has 2 N–H and O–H groups in total. The highest BCUT2D eigenvalue weighted by Gasteiger charge is 2.40. The highest BCUT2D eigenvalue weighted by atomic mass is 32.1. The number of benzene rings is 1. The van der Waals surface area contributed by atoms with Crippen LogP contribution in [0.5, 0.6) is 0 Å². The molecule has 4 atom stereocenters. The average molecular weight is 855 g/mol. The third-order valence-corrected chi connectivity index (χ3v) is 13.6. The number of ether oxygens (including phenoxy) is 2. The van der Waals surface area contributed by atoms with Crippen molar-refractivity contribution < 1.29 is 28.7 Å². The van der Waals surface area contributed by atoms with Crippen molar-refractivity contribution in [2.24, 2.45) is 11.3 Å². The summed E-state index contributed by atoms with van der Waals surface area (Å²) in [6.07, 6.45) is 4.65. The van der Waals surface area contributed by atoms with Gasteiger partial charge in [0.2, 0.25) is 5.91 Å². The second-order valence-corrected chi connectivity index (χ2v) is 18.9. The van der Waals surface area contributed by atoms with E-state index >= 15 is 0 Å². The molecule has 6 bridgehead atoms. The van der Waals surface area contributed by atoms with E-state index < -0.39 is 24.0 Å². The van der Waals surface area contributed by atoms with Gasteiger partial charge in [-0.25, -0.2) is 15.2 Å². The Labute approximate surface area is 363 Å². The lowest BCUT2D eigenvalue weighted by Gasteiger charge is -2.42. The van der Waals surface area contributed by atoms with Crippen LogP contribution in [0.4, 0.5) is 4.79 Å². The fraction of sp³-hybridized carbons (Fsp3) is 0.565. The Morgan fingerprint density at radius 2 is 1.90 bits per heavy atom. The number of hydrogen-bond acceptors (Lipinski definition) is 10. The molecule has 1 unspecified atom stereocenters. The van der Waals surface area contributed by atoms with Gasteiger partial charge in [0.1, 0.15) is 12.1 Å². The van der Waals surface area contributed by atoms with E-state index in [0.29, 0.717) is 56.7 Å². The van der Waals surface area contributed by atoms with Gasteiger partial charge >= 0.3 is 6.03 Å². The van der Waals surface area contributed by atoms with Crippen LogP contribution in [0.15, 0.2) is 41.9 Å². The summed E-state index contributed by atoms with van der Waals surface area (Å²) >= 11 is 1.44. The van der Waals surface area contributed by atoms with Gasteiger partial charge in [-0.2, -0.15) is 0 Å². The number of aromatic nitrogens is 3. The molecule has 0 spiro atoms. The molecule has 2 saturated heterocycles. The number of nitrogens with zero attached hydrogens (tertiary/aromatic N) is 6. The Morgan fingerprint density at radius 1 is 1.13 bits per heavy atom. The number of methoxy groups -OCH3 is 2. The number of carbonyl (C=O) groups excluding carboxylic acids is 4. The SMILES string of the molecule is CCn1c(-c2cccnc2[C@H](C)OC)c2c3cc(ccc31)-c1csc(n1)C[C@H](NC(=O)C(C(C)C)N(C)C(=O)N1CC(OC)C1)C(=O)N1CCC[C@H](N1)C(=O)CCC(C)(C)C2. The first kappa shape index (κ1) is 44.4. The number of hydrazine groups is 1. The van der Waals surface area contributed by atoms with Crippen LogP contribution in [0.1, 0.15) is 89.6 Å². The smallest absolute Gasteiger partial charge is 0.320 e. The van der Waals surface area contributed by atoms with Crippen molar-refractivity contribution in [2.45, 2.75) is 117 Å². The van der Waals surface area contributed by atoms with Crippen molar-refractivity contribution >= 4 is 45.9 Å². The number of nitrogens with one attached hydrogen (secondary N) is 2. The van der Waals surface area contributed by atoms with E-state index in [1.165, 1.54) is 26.8 Å². The number of amides is 4. The van der Waals surface area contributed by atoms with Crippen LogP contribution in [0, 0.1) is 11.3 Å². The average Bonchev–Trinajstić information content (AvgIpc) is 3.82. The van der Waals surface area contributed by atoms with Crippen LogP contribution < -0.4 is 10.7 Å². The van der Waals surface area contributed by atoms with Crippen molar-refractivity contribution in [3.05, 3.63) is 58.2 Å². The minimum Gasteiger partial charge on any atom is -0.378 e. The van der Waals surface area contributed by atoms with E-state index in [9.17, 15) is 19.2 Å². The number of thiazole rings is 1. The summed E-state index contributed by atoms with van der Waals surface area (Å²) in [6.45, 7) is 14.4. The zero-order chi connectivity index (χ0) is 43.7. The summed E-state index contributed by atoms with van der Waals surface area (Å²) in [5.41, 5.74) is 10.0. The molecule has 3 aliphatic rings. The van der Waals surface area contributed by atoms with E-state index in [4.69, 9.17) is 19.4 Å². The molecule has 15 heteroatoms. The van der Waals surface area contributed by atoms with E-state index in [1.54, 1.807) is 26.2 Å². The number of urea groups is 1. The lowest BCUT2D eigenvalue weighted by atomic mass is 9.79. The van der Waals surface area contributed by atoms with E-state index in [1.807, 2.05) is 38.4 Å². The van der Waals surface area contributed by atoms with Crippen LogP contribution in [-0.2, 0) is 43.2 Å². The Kier molecular flexibility index (Phi) is 13.3. The number of carbonyl (C=O) groups is 4. The van der Waals surface area contributed by atoms with Gasteiger partial charge in [-0.1, -0.05) is 33.8 Å². The number of fused-ring (bicyclic) bond motifs is 6. The fourth-order valence-electron chi connectivity index (χ4n) is 9.20. The molecule has 14 nitrogen and oxygen atoms in total. The molecule has 3 aliphatic heterocycles. The highest BCUT2D eigenvalue weighted by Crippen LogP contribution is 2.43. The number of aryl methyl sites for hydroxylation is 1. The van der Waals surface area contributed by atoms with Gasteiger partial charge in [-0.05, 0) is 80.7 Å². The van der Waals surface area contributed by atoms with Crippen LogP contribution >= 0.6 is 11.3 Å². The number of rotatable bonds is 9. The first-order valence-electron chi connectivity index (χ1n) is 21.7. The third kappa shape index (κ3) is 9.11. The van der Waals surface area contributed by atoms with Gasteiger partial charge < -0.3 is 29.2 Å². The first-order chi connectivity index (χ1) is 29.1. The summed E-state index contributed by atoms with van der Waals surface area (Å²) in [4.78, 5) is 69.4. The molecule has 3 aromatic heterocycles. The molecule has 7 rings (SSSR count). The first-order valence-corrected chi connectivity index (χ1v) is 22.6. The van der Waals surface area contributed by atoms with Crippen molar-refractivity contribution in [1.29, 1.82) is 0 Å². The maximum absolute atomic E-state index is 14.5. The minimum atomic E-state index is -1.00. The molecular weight excluding hydrogens is 793 g/mol. The quantitative estimate of drug-likeness (QED) is 0.195. The Bertz CT molecular complexity index is 2260. The fourth-order valence-corrected chi connectivity index (χ4v) is 10.1. The van der Waals surface area contributed by atoms with Crippen LogP contribution in [0.3, 0.4) is 0 Å². The molecule has 2 fully saturated rings. The number of ketones is 1. The number of likely N-dealkylation sites (N-methyl/N-ethyl adjacent to an activating group) is 1. The number of Topliss-reactive ketones (excluding diaryl/α,β-unsaturated/α-hetero) is 1. The molecule has 1 aromatic carbocycles. The Balaban J connectivity index is 1.29. The lowest BCUT2D eigenvalue weighted by Crippen LogP contribution is -2.64. The van der Waals surface area contributed by atoms with E-state index in [0.717, 1.165) is 45.7 Å². The van der Waals surface area contributed by atoms with Gasteiger partial charge in [-0.15, -0.1) is 11.3 Å². The second kappa shape index (κ2) is 18.3. The normalized spacial score (nSPS) is 21.0. The highest BCUT2D eigenvalue weighted by molar-refractivity contribution is 7.10. The predicted octanol–water partition coefficient (Wildman–Crippen LogP) is 6.42. The third-order valence-electron chi connectivity index (χ3n) is 12.8. The molecule has 4 amide bonds. The van der Waals surface area contributed by atoms with Crippen LogP contribution in [0.25, 0.3) is 33.4 Å². The minimum absolute atomic E-state index is 0.0279. The van der Waals surface area contributed by atoms with Gasteiger partial charge in [0.25, 0.3) is 5.91 Å². The molecule has 0 saturated carbocycles. The van der Waals surface area contributed by atoms with Crippen molar-refractivity contribution in [3.8, 4) is 22.5 Å². The lowest BCUT2D eigenvalue weighted by molar-refractivity contribution is -0.143. The van der Waals surface area contributed by atoms with E-state index in [-0.39, 0.29) is 47.7 Å². The van der Waals surface area contributed by atoms with E-state index in [2.05, 4.69) is 60.3 Å². The molecule has 4 aromatic rings. The molecule has 328 valence electrons. The topological polar surface area (TPSA) is 151 Å². The van der Waals surface area contributed by atoms with Crippen LogP contribution in [-0.4, -0.2) is 118 Å². The summed E-state index contributed by atoms with van der Waals surface area (Å²) in [7, 11) is 4.95. The van der Waals surface area contributed by atoms with Crippen molar-refractivity contribution in [3.63, 3.8) is 0 Å². The van der Waals surface area contributed by atoms with Gasteiger partial charge in [0, 0.05) is 80.8 Å². The molecule has 61 heavy (non-hydrogen) atoms. The summed E-state index contributed by atoms with van der Waals surface area (Å²) in [5, 5.41) is 8.36. The number of pyridine rings is 1. The molecule has 6 heterocycles. The maximum Gasteiger partial charge on any atom is 0.320 e. The second-order valence-electron chi connectivity index (χ2n) is 18.0. The summed E-state index contributed by atoms with van der Waals surface area (Å²) in [5.74, 6) is -0.960. The standard InChI is InChI=1S/C46H62N8O6S/c1-10-53-37-16-15-29-21-32(37)33(42(53)31-13-11-19-47-40(31)28(4)59-8)23-46(5,6)18-17-38(55)34-14-12-20-54(50-34)44(57)35(22-39-48-36(29)26-61-39)49-43(56)41(27(2)3)51(7)45(58)52-24-30(25-52)60-9/h11,13,15-16,19,21,26-28,30,34-35,41,50H,10,12,14,17-18,20,22-25H2,1-9H3,(H,49,56)/t28-,34-,35-,41?/m0/s1. The number of hydrogen-bond donors (Lipinski definition) is 2. The zero-order valence-corrected chi connectivity index (χ0v) is 37.9. The maximum atomic E-state index is 14.5. The van der Waals surface area contributed by atoms with Crippen LogP contribution in [0.2, 0.25) is 0 Å². The Hall–Kier alpha value is -4.70. The van der Waals surface area contributed by atoms with Gasteiger partial charge in [0.05, 0.1) is 53.4 Å². The predicted molar refractivity (Wildman–Crippen MR) is 237 cm³/mol. The monoisotopic (exact) mass is 854 g/mol. The van der Waals surface area contributed by atoms with Gasteiger partial charge in [0.15, 0.2) is 5.78 Å². The van der Waals surface area contributed by atoms with Gasteiger partial charge in [-0.3, -0.25) is 24.4 Å². The van der Waals surface area contributed by atoms with Crippen molar-refractivity contribution in [1.82, 2.24) is 40.1 Å². The number of likely N-dealkylation sites (tertiary alicyclic amines) is 1. The zero-order valence-electron chi connectivity index (χ0n) is 37.1. The Morgan fingerprint density at radius 3 is 2.61 bits per heavy atom. The largest absolute Gasteiger partial charge is 0.378 e. The van der Waals surface area contributed by atoms with Crippen molar-refractivity contribution in [2.75, 3.05) is 40.9 Å². The molecule has 0 radical (unpaired) electrons. The molecule has 0 aliphatic carbocycles.